The van der Waals surface area contributed by atoms with Gasteiger partial charge < -0.3 is 24.8 Å². The van der Waals surface area contributed by atoms with Crippen LogP contribution in [0.15, 0.2) is 35.5 Å². The molecule has 1 aromatic carbocycles. The van der Waals surface area contributed by atoms with E-state index in [-0.39, 0.29) is 41.0 Å². The highest BCUT2D eigenvalue weighted by Crippen LogP contribution is 2.39. The molecule has 242 valence electrons. The van der Waals surface area contributed by atoms with Crippen molar-refractivity contribution in [1.82, 2.24) is 19.9 Å². The number of nitrogens with one attached hydrogen (secondary N) is 2. The van der Waals surface area contributed by atoms with E-state index in [1.165, 1.54) is 12.4 Å². The van der Waals surface area contributed by atoms with Gasteiger partial charge in [0.1, 0.15) is 11.5 Å². The monoisotopic (exact) mass is 631 g/mol. The van der Waals surface area contributed by atoms with Crippen molar-refractivity contribution in [3.63, 3.8) is 0 Å². The Kier molecular flexibility index (Phi) is 9.44. The Morgan fingerprint density at radius 3 is 2.36 bits per heavy atom. The molecular formula is C31H37F4N7O3. The standard InChI is InChI=1S/C31H37F4N7O3/c1-16(2)24-15-41(6-7-45-24)31-37-10-19(11-38-31)26-22(32)9-23(42-13-17(3)40(5)18(4)14-42)28(27(26)33)39-30(44)21-12-36-25(43)8-20(21)29(34)35/h8-12,16-18,24,29H,6-7,13-15H2,1-5H3,(H,36,43)(H,39,44)/t17-,18+,24-/m0/s1. The highest BCUT2D eigenvalue weighted by molar-refractivity contribution is 6.07. The van der Waals surface area contributed by atoms with Crippen LogP contribution in [0.3, 0.4) is 0 Å². The van der Waals surface area contributed by atoms with Gasteiger partial charge in [-0.1, -0.05) is 13.8 Å². The van der Waals surface area contributed by atoms with Crippen LogP contribution >= 0.6 is 0 Å². The quantitative estimate of drug-likeness (QED) is 0.362. The lowest BCUT2D eigenvalue weighted by Gasteiger charge is -2.44. The number of anilines is 3. The van der Waals surface area contributed by atoms with Gasteiger partial charge in [-0.3, -0.25) is 14.5 Å². The number of hydrogen-bond acceptors (Lipinski definition) is 8. The lowest BCUT2D eigenvalue weighted by molar-refractivity contribution is 0.0109. The zero-order valence-electron chi connectivity index (χ0n) is 25.8. The number of H-pyrrole nitrogens is 1. The lowest BCUT2D eigenvalue weighted by atomic mass is 10.0. The summed E-state index contributed by atoms with van der Waals surface area (Å²) in [5.41, 5.74) is -2.95. The van der Waals surface area contributed by atoms with Crippen LogP contribution in [0.5, 0.6) is 0 Å². The Hall–Kier alpha value is -4.04. The minimum absolute atomic E-state index is 0.00385. The molecule has 45 heavy (non-hydrogen) atoms. The minimum atomic E-state index is -3.14. The number of rotatable bonds is 7. The van der Waals surface area contributed by atoms with E-state index in [9.17, 15) is 18.4 Å². The Labute approximate surface area is 258 Å². The molecule has 2 fully saturated rings. The van der Waals surface area contributed by atoms with Crippen molar-refractivity contribution in [1.29, 1.82) is 0 Å². The van der Waals surface area contributed by atoms with Crippen molar-refractivity contribution in [2.75, 3.05) is 55.0 Å². The van der Waals surface area contributed by atoms with Crippen molar-refractivity contribution in [2.45, 2.75) is 52.3 Å². The first-order valence-corrected chi connectivity index (χ1v) is 14.9. The molecule has 0 spiro atoms. The van der Waals surface area contributed by atoms with E-state index in [0.717, 1.165) is 12.3 Å². The molecule has 1 amide bonds. The van der Waals surface area contributed by atoms with E-state index >= 15 is 8.78 Å². The zero-order valence-corrected chi connectivity index (χ0v) is 25.8. The largest absolute Gasteiger partial charge is 0.374 e. The summed E-state index contributed by atoms with van der Waals surface area (Å²) in [4.78, 5) is 41.8. The zero-order chi connectivity index (χ0) is 32.6. The molecule has 5 rings (SSSR count). The van der Waals surface area contributed by atoms with Gasteiger partial charge in [0, 0.05) is 80.1 Å². The maximum atomic E-state index is 16.5. The van der Waals surface area contributed by atoms with Crippen molar-refractivity contribution in [3.05, 3.63) is 63.8 Å². The van der Waals surface area contributed by atoms with Crippen LogP contribution in [0, 0.1) is 17.6 Å². The van der Waals surface area contributed by atoms with Crippen LogP contribution < -0.4 is 20.7 Å². The smallest absolute Gasteiger partial charge is 0.264 e. The number of likely N-dealkylation sites (N-methyl/N-ethyl adjacent to an activating group) is 1. The fourth-order valence-corrected chi connectivity index (χ4v) is 5.76. The summed E-state index contributed by atoms with van der Waals surface area (Å²) in [6, 6.07) is 1.75. The average Bonchev–Trinajstić information content (AvgIpc) is 3.01. The van der Waals surface area contributed by atoms with Gasteiger partial charge in [-0.25, -0.2) is 27.5 Å². The highest BCUT2D eigenvalue weighted by atomic mass is 19.3. The van der Waals surface area contributed by atoms with E-state index in [2.05, 4.69) is 39.0 Å². The lowest BCUT2D eigenvalue weighted by Crippen LogP contribution is -2.55. The SMILES string of the molecule is CC(C)[C@@H]1CN(c2ncc(-c3c(F)cc(N4C[C@@H](C)N(C)[C@@H](C)C4)c(NC(=O)c4c[nH]c(=O)cc4C(F)F)c3F)cn2)CCO1. The summed E-state index contributed by atoms with van der Waals surface area (Å²) in [7, 11) is 1.95. The second kappa shape index (κ2) is 13.1. The molecule has 2 aromatic heterocycles. The molecule has 0 saturated carbocycles. The van der Waals surface area contributed by atoms with Gasteiger partial charge in [-0.2, -0.15) is 0 Å². The van der Waals surface area contributed by atoms with Crippen LogP contribution in [-0.2, 0) is 4.74 Å². The van der Waals surface area contributed by atoms with Crippen molar-refractivity contribution >= 4 is 23.2 Å². The van der Waals surface area contributed by atoms with Crippen molar-refractivity contribution < 1.29 is 27.1 Å². The van der Waals surface area contributed by atoms with Gasteiger partial charge in [-0.15, -0.1) is 0 Å². The number of carbonyl (C=O) groups excluding carboxylic acids is 1. The summed E-state index contributed by atoms with van der Waals surface area (Å²) in [5, 5.41) is 2.41. The predicted molar refractivity (Wildman–Crippen MR) is 163 cm³/mol. The first-order chi connectivity index (χ1) is 21.3. The van der Waals surface area contributed by atoms with Crippen LogP contribution in [0.2, 0.25) is 0 Å². The fourth-order valence-electron chi connectivity index (χ4n) is 5.76. The number of amides is 1. The van der Waals surface area contributed by atoms with Crippen LogP contribution in [0.4, 0.5) is 34.9 Å². The van der Waals surface area contributed by atoms with Crippen molar-refractivity contribution in [2.24, 2.45) is 5.92 Å². The van der Waals surface area contributed by atoms with Gasteiger partial charge in [0.15, 0.2) is 5.82 Å². The number of hydrogen-bond donors (Lipinski definition) is 2. The van der Waals surface area contributed by atoms with E-state index in [4.69, 9.17) is 4.74 Å². The summed E-state index contributed by atoms with van der Waals surface area (Å²) >= 11 is 0. The summed E-state index contributed by atoms with van der Waals surface area (Å²) in [6.07, 6.45) is 0.322. The number of ether oxygens (including phenoxy) is 1. The first kappa shape index (κ1) is 32.4. The van der Waals surface area contributed by atoms with Crippen LogP contribution in [0.25, 0.3) is 11.1 Å². The number of aromatic amines is 1. The van der Waals surface area contributed by atoms with Gasteiger partial charge in [0.2, 0.25) is 11.5 Å². The van der Waals surface area contributed by atoms with Gasteiger partial charge >= 0.3 is 0 Å². The van der Waals surface area contributed by atoms with Crippen LogP contribution in [0.1, 0.15) is 50.0 Å². The van der Waals surface area contributed by atoms with E-state index in [1.54, 1.807) is 4.90 Å². The molecule has 2 aliphatic heterocycles. The molecule has 3 atom stereocenters. The van der Waals surface area contributed by atoms with Gasteiger partial charge in [0.25, 0.3) is 12.3 Å². The molecule has 0 radical (unpaired) electrons. The van der Waals surface area contributed by atoms with E-state index < -0.39 is 46.2 Å². The molecule has 2 saturated heterocycles. The van der Waals surface area contributed by atoms with Gasteiger partial charge in [-0.05, 0) is 26.8 Å². The molecule has 2 N–H and O–H groups in total. The second-order valence-electron chi connectivity index (χ2n) is 12.0. The number of piperazine rings is 1. The maximum Gasteiger partial charge on any atom is 0.264 e. The molecular weight excluding hydrogens is 594 g/mol. The molecule has 10 nitrogen and oxygen atoms in total. The second-order valence-corrected chi connectivity index (χ2v) is 12.0. The number of nitrogens with zero attached hydrogens (tertiary/aromatic N) is 5. The van der Waals surface area contributed by atoms with Crippen molar-refractivity contribution in [3.8, 4) is 11.1 Å². The number of aromatic nitrogens is 3. The number of alkyl halides is 2. The molecule has 4 heterocycles. The van der Waals surface area contributed by atoms with E-state index in [1.807, 2.05) is 25.8 Å². The molecule has 0 bridgehead atoms. The third-order valence-corrected chi connectivity index (χ3v) is 8.62. The topological polar surface area (TPSA) is 107 Å². The number of benzene rings is 1. The predicted octanol–water partition coefficient (Wildman–Crippen LogP) is 4.69. The minimum Gasteiger partial charge on any atom is -0.374 e. The third-order valence-electron chi connectivity index (χ3n) is 8.62. The van der Waals surface area contributed by atoms with Crippen LogP contribution in [-0.4, -0.2) is 83.8 Å². The highest BCUT2D eigenvalue weighted by Gasteiger charge is 2.32. The molecule has 0 aliphatic carbocycles. The molecule has 3 aromatic rings. The average molecular weight is 632 g/mol. The van der Waals surface area contributed by atoms with Gasteiger partial charge in [0.05, 0.1) is 29.5 Å². The fraction of sp³-hybridized carbons (Fsp3) is 0.484. The molecule has 2 aliphatic rings. The first-order valence-electron chi connectivity index (χ1n) is 14.9. The Morgan fingerprint density at radius 2 is 1.73 bits per heavy atom. The Morgan fingerprint density at radius 1 is 1.07 bits per heavy atom. The Balaban J connectivity index is 1.55. The number of halogens is 4. The normalized spacial score (nSPS) is 21.1. The summed E-state index contributed by atoms with van der Waals surface area (Å²) < 4.78 is 65.7. The molecule has 0 unspecified atom stereocenters. The summed E-state index contributed by atoms with van der Waals surface area (Å²) in [5.74, 6) is -2.44. The number of pyridine rings is 1. The summed E-state index contributed by atoms with van der Waals surface area (Å²) in [6.45, 7) is 10.4. The maximum absolute atomic E-state index is 16.5. The number of carbonyl (C=O) groups is 1. The Bertz CT molecular complexity index is 1590. The van der Waals surface area contributed by atoms with E-state index in [0.29, 0.717) is 44.8 Å². The number of morpholine rings is 1. The third kappa shape index (κ3) is 6.66. The molecule has 14 heteroatoms.